The first-order valence-electron chi connectivity index (χ1n) is 8.68. The summed E-state index contributed by atoms with van der Waals surface area (Å²) < 4.78 is 17.0. The monoisotopic (exact) mass is 364 g/mol. The summed E-state index contributed by atoms with van der Waals surface area (Å²) in [6.45, 7) is 2.53. The first kappa shape index (κ1) is 24.0. The third-order valence-corrected chi connectivity index (χ3v) is 5.28. The van der Waals surface area contributed by atoms with E-state index in [-0.39, 0.29) is 56.7 Å². The molecule has 0 N–H and O–H groups in total. The molecule has 1 aromatic carbocycles. The fourth-order valence-corrected chi connectivity index (χ4v) is 3.52. The van der Waals surface area contributed by atoms with Crippen molar-refractivity contribution < 1.29 is 65.4 Å². The molecule has 5 heteroatoms. The van der Waals surface area contributed by atoms with Crippen molar-refractivity contribution in [1.82, 2.24) is 0 Å². The van der Waals surface area contributed by atoms with Gasteiger partial charge in [-0.25, -0.2) is 0 Å². The van der Waals surface area contributed by atoms with Crippen molar-refractivity contribution >= 4 is 12.9 Å². The molecule has 0 aromatic heterocycles. The molecule has 0 bridgehead atoms. The molecule has 1 unspecified atom stereocenters. The summed E-state index contributed by atoms with van der Waals surface area (Å²) in [5.74, 6) is 0. The molecule has 0 amide bonds. The van der Waals surface area contributed by atoms with Crippen molar-refractivity contribution in [2.75, 3.05) is 6.61 Å². The number of unbranched alkanes of at least 4 members (excludes halogenated alkanes) is 9. The largest absolute Gasteiger partial charge is 1.00 e. The molecule has 0 fully saturated rings. The van der Waals surface area contributed by atoms with Gasteiger partial charge >= 0.3 is 51.4 Å². The van der Waals surface area contributed by atoms with Crippen LogP contribution in [0.1, 0.15) is 71.1 Å². The van der Waals surface area contributed by atoms with E-state index in [1.807, 2.05) is 0 Å². The van der Waals surface area contributed by atoms with Crippen LogP contribution in [-0.2, 0) is 9.09 Å². The standard InChI is InChI=1S/C18H31O3P.K/c1-2-3-4-5-6-7-8-9-10-14-17-21-22(19,20)18-15-12-11-13-16-18;/h11-13,15-16H,2-10,14,17H2,1H3,(H,19,20);/q;+1/p-1. The molecule has 1 rings (SSSR count). The predicted octanol–water partition coefficient (Wildman–Crippen LogP) is 1.81. The summed E-state index contributed by atoms with van der Waals surface area (Å²) in [5, 5.41) is 0.266. The molecule has 0 aliphatic heterocycles. The van der Waals surface area contributed by atoms with Crippen molar-refractivity contribution in [3.63, 3.8) is 0 Å². The topological polar surface area (TPSA) is 49.4 Å². The van der Waals surface area contributed by atoms with E-state index in [1.54, 1.807) is 30.3 Å². The second kappa shape index (κ2) is 15.3. The summed E-state index contributed by atoms with van der Waals surface area (Å²) in [4.78, 5) is 11.9. The second-order valence-electron chi connectivity index (χ2n) is 5.85. The maximum atomic E-state index is 11.9. The zero-order chi connectivity index (χ0) is 16.1. The van der Waals surface area contributed by atoms with Gasteiger partial charge in [-0.2, -0.15) is 0 Å². The first-order valence-corrected chi connectivity index (χ1v) is 10.2. The molecule has 0 spiro atoms. The Kier molecular flexibility index (Phi) is 15.9. The van der Waals surface area contributed by atoms with E-state index in [2.05, 4.69) is 6.92 Å². The SMILES string of the molecule is CCCCCCCCCCCCOP(=O)([O-])c1ccccc1.[K+]. The van der Waals surface area contributed by atoms with Crippen molar-refractivity contribution in [2.45, 2.75) is 71.1 Å². The Labute approximate surface area is 184 Å². The van der Waals surface area contributed by atoms with Crippen LogP contribution < -0.4 is 61.6 Å². The van der Waals surface area contributed by atoms with Crippen molar-refractivity contribution in [1.29, 1.82) is 0 Å². The van der Waals surface area contributed by atoms with Crippen LogP contribution in [0, 0.1) is 0 Å². The van der Waals surface area contributed by atoms with Gasteiger partial charge in [0.25, 0.3) is 0 Å². The fraction of sp³-hybridized carbons (Fsp3) is 0.667. The molecule has 3 nitrogen and oxygen atoms in total. The van der Waals surface area contributed by atoms with Crippen molar-refractivity contribution in [3.8, 4) is 0 Å². The van der Waals surface area contributed by atoms with Gasteiger partial charge in [0.2, 0.25) is 0 Å². The smallest absolute Gasteiger partial charge is 0.775 e. The summed E-state index contributed by atoms with van der Waals surface area (Å²) in [5.41, 5.74) is 0. The summed E-state index contributed by atoms with van der Waals surface area (Å²) in [7, 11) is -3.87. The molecule has 0 aliphatic rings. The maximum absolute atomic E-state index is 11.9. The van der Waals surface area contributed by atoms with Crippen LogP contribution in [0.3, 0.4) is 0 Å². The predicted molar refractivity (Wildman–Crippen MR) is 91.5 cm³/mol. The maximum Gasteiger partial charge on any atom is 1.00 e. The molecule has 0 saturated heterocycles. The van der Waals surface area contributed by atoms with Crippen LogP contribution in [-0.4, -0.2) is 6.61 Å². The molecule has 0 saturated carbocycles. The average Bonchev–Trinajstić information content (AvgIpc) is 2.53. The van der Waals surface area contributed by atoms with E-state index >= 15 is 0 Å². The van der Waals surface area contributed by atoms with E-state index in [0.717, 1.165) is 12.8 Å². The van der Waals surface area contributed by atoms with Gasteiger partial charge in [-0.15, -0.1) is 0 Å². The van der Waals surface area contributed by atoms with Crippen molar-refractivity contribution in [2.24, 2.45) is 0 Å². The van der Waals surface area contributed by atoms with Gasteiger partial charge < -0.3 is 14.0 Å². The molecule has 0 heterocycles. The number of benzene rings is 1. The summed E-state index contributed by atoms with van der Waals surface area (Å²) >= 11 is 0. The van der Waals surface area contributed by atoms with Crippen molar-refractivity contribution in [3.05, 3.63) is 30.3 Å². The quantitative estimate of drug-likeness (QED) is 0.305. The van der Waals surface area contributed by atoms with E-state index in [0.29, 0.717) is 6.61 Å². The van der Waals surface area contributed by atoms with Gasteiger partial charge in [0.1, 0.15) is 0 Å². The Balaban J connectivity index is 0.00000484. The third kappa shape index (κ3) is 12.1. The minimum Gasteiger partial charge on any atom is -0.775 e. The Bertz CT molecular complexity index is 426. The number of hydrogen-bond donors (Lipinski definition) is 0. The number of hydrogen-bond acceptors (Lipinski definition) is 3. The van der Waals surface area contributed by atoms with Gasteiger partial charge in [-0.1, -0.05) is 95.0 Å². The molecular formula is C18H30KO3P. The fourth-order valence-electron chi connectivity index (χ4n) is 2.46. The van der Waals surface area contributed by atoms with Gasteiger partial charge in [-0.05, 0) is 6.42 Å². The molecular weight excluding hydrogens is 334 g/mol. The Morgan fingerprint density at radius 1 is 0.870 bits per heavy atom. The van der Waals surface area contributed by atoms with Crippen LogP contribution in [0.15, 0.2) is 30.3 Å². The van der Waals surface area contributed by atoms with Gasteiger partial charge in [0, 0.05) is 5.30 Å². The van der Waals surface area contributed by atoms with Gasteiger partial charge in [0.05, 0.1) is 6.61 Å². The second-order valence-corrected chi connectivity index (χ2v) is 7.62. The third-order valence-electron chi connectivity index (χ3n) is 3.83. The van der Waals surface area contributed by atoms with E-state index in [9.17, 15) is 9.46 Å². The van der Waals surface area contributed by atoms with Crippen LogP contribution in [0.4, 0.5) is 0 Å². The minimum absolute atomic E-state index is 0. The zero-order valence-electron chi connectivity index (χ0n) is 14.8. The van der Waals surface area contributed by atoms with Crippen LogP contribution in [0.5, 0.6) is 0 Å². The zero-order valence-corrected chi connectivity index (χ0v) is 18.9. The normalized spacial score (nSPS) is 13.3. The van der Waals surface area contributed by atoms with E-state index in [1.165, 1.54) is 51.4 Å². The van der Waals surface area contributed by atoms with E-state index in [4.69, 9.17) is 4.52 Å². The van der Waals surface area contributed by atoms with Gasteiger partial charge in [-0.3, -0.25) is 0 Å². The van der Waals surface area contributed by atoms with Crippen LogP contribution >= 0.6 is 7.60 Å². The number of rotatable bonds is 13. The first-order chi connectivity index (χ1) is 10.7. The molecule has 0 radical (unpaired) electrons. The molecule has 23 heavy (non-hydrogen) atoms. The van der Waals surface area contributed by atoms with Crippen LogP contribution in [0.2, 0.25) is 0 Å². The molecule has 0 aliphatic carbocycles. The van der Waals surface area contributed by atoms with Crippen LogP contribution in [0.25, 0.3) is 0 Å². The van der Waals surface area contributed by atoms with Gasteiger partial charge in [0.15, 0.2) is 7.60 Å². The average molecular weight is 365 g/mol. The minimum atomic E-state index is -3.87. The molecule has 1 aromatic rings. The Morgan fingerprint density at radius 3 is 1.87 bits per heavy atom. The Hall–Kier alpha value is 1.01. The molecule has 126 valence electrons. The summed E-state index contributed by atoms with van der Waals surface area (Å²) in [6.07, 6.45) is 12.3. The Morgan fingerprint density at radius 2 is 1.35 bits per heavy atom. The summed E-state index contributed by atoms with van der Waals surface area (Å²) in [6, 6.07) is 8.37. The molecule has 1 atom stereocenters. The van der Waals surface area contributed by atoms with E-state index < -0.39 is 7.60 Å².